The van der Waals surface area contributed by atoms with E-state index in [9.17, 15) is 4.79 Å². The van der Waals surface area contributed by atoms with Crippen LogP contribution in [0, 0.1) is 0 Å². The Morgan fingerprint density at radius 2 is 2.07 bits per heavy atom. The van der Waals surface area contributed by atoms with Gasteiger partial charge in [-0.2, -0.15) is 0 Å². The van der Waals surface area contributed by atoms with Crippen molar-refractivity contribution in [2.75, 3.05) is 7.11 Å². The number of ether oxygens (including phenoxy) is 1. The van der Waals surface area contributed by atoms with E-state index in [4.69, 9.17) is 39.5 Å². The smallest absolute Gasteiger partial charge is 0.314 e. The third-order valence-corrected chi connectivity index (χ3v) is 2.80. The van der Waals surface area contributed by atoms with Crippen LogP contribution >= 0.6 is 34.8 Å². The van der Waals surface area contributed by atoms with Gasteiger partial charge in [-0.25, -0.2) is 0 Å². The number of hydrogen-bond donors (Lipinski definition) is 1. The molecular formula is C9H8Cl3NO2. The molecule has 1 aromatic rings. The number of halogens is 3. The lowest BCUT2D eigenvalue weighted by Gasteiger charge is -2.09. The normalized spacial score (nSPS) is 9.87. The number of amides is 1. The maximum atomic E-state index is 10.5. The van der Waals surface area contributed by atoms with Crippen LogP contribution in [0.2, 0.25) is 10.0 Å². The van der Waals surface area contributed by atoms with Crippen LogP contribution < -0.4 is 10.1 Å². The number of carbonyl (C=O) groups is 1. The number of carbonyl (C=O) groups excluding carboxylic acids is 1. The van der Waals surface area contributed by atoms with Crippen LogP contribution in [-0.4, -0.2) is 12.5 Å². The summed E-state index contributed by atoms with van der Waals surface area (Å²) in [6, 6.07) is 3.38. The molecular weight excluding hydrogens is 260 g/mol. The van der Waals surface area contributed by atoms with Gasteiger partial charge >= 0.3 is 5.37 Å². The van der Waals surface area contributed by atoms with E-state index in [2.05, 4.69) is 5.32 Å². The lowest BCUT2D eigenvalue weighted by atomic mass is 10.2. The van der Waals surface area contributed by atoms with E-state index < -0.39 is 5.37 Å². The molecule has 0 aliphatic carbocycles. The molecule has 0 aromatic heterocycles. The molecule has 6 heteroatoms. The van der Waals surface area contributed by atoms with E-state index in [1.165, 1.54) is 7.11 Å². The SMILES string of the molecule is COc1ccc(CNC(=O)Cl)c(Cl)c1Cl. The molecule has 0 heterocycles. The van der Waals surface area contributed by atoms with Gasteiger partial charge in [0.2, 0.25) is 0 Å². The minimum atomic E-state index is -0.641. The molecule has 0 aliphatic rings. The summed E-state index contributed by atoms with van der Waals surface area (Å²) in [5.41, 5.74) is 0.677. The minimum Gasteiger partial charge on any atom is -0.495 e. The zero-order valence-electron chi connectivity index (χ0n) is 7.81. The van der Waals surface area contributed by atoms with Gasteiger partial charge < -0.3 is 10.1 Å². The Morgan fingerprint density at radius 1 is 1.40 bits per heavy atom. The van der Waals surface area contributed by atoms with Gasteiger partial charge in [0.25, 0.3) is 0 Å². The Hall–Kier alpha value is -0.640. The molecule has 0 saturated heterocycles. The molecule has 0 aliphatic heterocycles. The number of nitrogens with one attached hydrogen (secondary N) is 1. The van der Waals surface area contributed by atoms with Crippen LogP contribution in [0.4, 0.5) is 4.79 Å². The van der Waals surface area contributed by atoms with Crippen molar-refractivity contribution < 1.29 is 9.53 Å². The van der Waals surface area contributed by atoms with Crippen molar-refractivity contribution in [3.63, 3.8) is 0 Å². The second-order valence-electron chi connectivity index (χ2n) is 2.68. The van der Waals surface area contributed by atoms with E-state index in [0.717, 1.165) is 0 Å². The van der Waals surface area contributed by atoms with E-state index in [0.29, 0.717) is 21.4 Å². The quantitative estimate of drug-likeness (QED) is 0.673. The Labute approximate surface area is 102 Å². The van der Waals surface area contributed by atoms with Crippen LogP contribution in [0.25, 0.3) is 0 Å². The fraction of sp³-hybridized carbons (Fsp3) is 0.222. The average molecular weight is 269 g/mol. The molecule has 15 heavy (non-hydrogen) atoms. The van der Waals surface area contributed by atoms with E-state index in [-0.39, 0.29) is 6.54 Å². The first-order valence-electron chi connectivity index (χ1n) is 4.00. The summed E-state index contributed by atoms with van der Waals surface area (Å²) >= 11 is 17.0. The van der Waals surface area contributed by atoms with Gasteiger partial charge in [-0.3, -0.25) is 4.79 Å². The van der Waals surface area contributed by atoms with Gasteiger partial charge in [0.15, 0.2) is 0 Å². The summed E-state index contributed by atoms with van der Waals surface area (Å²) in [5, 5.41) is 2.44. The highest BCUT2D eigenvalue weighted by atomic mass is 35.5. The van der Waals surface area contributed by atoms with E-state index in [1.807, 2.05) is 0 Å². The second kappa shape index (κ2) is 5.45. The van der Waals surface area contributed by atoms with Gasteiger partial charge in [-0.1, -0.05) is 29.3 Å². The summed E-state index contributed by atoms with van der Waals surface area (Å²) in [7, 11) is 1.50. The van der Waals surface area contributed by atoms with Crippen LogP contribution in [0.15, 0.2) is 12.1 Å². The Bertz CT molecular complexity index is 382. The molecule has 0 saturated carbocycles. The van der Waals surface area contributed by atoms with Crippen molar-refractivity contribution in [2.24, 2.45) is 0 Å². The van der Waals surface area contributed by atoms with Crippen LogP contribution in [0.1, 0.15) is 5.56 Å². The van der Waals surface area contributed by atoms with Crippen molar-refractivity contribution in [2.45, 2.75) is 6.54 Å². The first-order valence-corrected chi connectivity index (χ1v) is 5.14. The third kappa shape index (κ3) is 3.16. The second-order valence-corrected chi connectivity index (χ2v) is 3.78. The first kappa shape index (κ1) is 12.4. The van der Waals surface area contributed by atoms with Gasteiger partial charge in [0, 0.05) is 6.54 Å². The van der Waals surface area contributed by atoms with Crippen molar-refractivity contribution in [1.82, 2.24) is 5.32 Å². The predicted molar refractivity (Wildman–Crippen MR) is 61.1 cm³/mol. The predicted octanol–water partition coefficient (Wildman–Crippen LogP) is 3.45. The van der Waals surface area contributed by atoms with Crippen molar-refractivity contribution in [1.29, 1.82) is 0 Å². The molecule has 0 unspecified atom stereocenters. The number of methoxy groups -OCH3 is 1. The van der Waals surface area contributed by atoms with Gasteiger partial charge in [0.05, 0.1) is 12.1 Å². The first-order chi connectivity index (χ1) is 7.06. The van der Waals surface area contributed by atoms with Gasteiger partial charge in [-0.05, 0) is 23.2 Å². The Morgan fingerprint density at radius 3 is 2.60 bits per heavy atom. The number of hydrogen-bond acceptors (Lipinski definition) is 2. The summed E-state index contributed by atoms with van der Waals surface area (Å²) < 4.78 is 4.98. The van der Waals surface area contributed by atoms with Gasteiger partial charge in [0.1, 0.15) is 10.8 Å². The number of benzene rings is 1. The monoisotopic (exact) mass is 267 g/mol. The highest BCUT2D eigenvalue weighted by molar-refractivity contribution is 6.62. The molecule has 0 bridgehead atoms. The fourth-order valence-electron chi connectivity index (χ4n) is 1.03. The average Bonchev–Trinajstić information content (AvgIpc) is 2.20. The summed E-state index contributed by atoms with van der Waals surface area (Å²) in [5.74, 6) is 0.489. The maximum absolute atomic E-state index is 10.5. The van der Waals surface area contributed by atoms with E-state index in [1.54, 1.807) is 12.1 Å². The zero-order chi connectivity index (χ0) is 11.4. The largest absolute Gasteiger partial charge is 0.495 e. The fourth-order valence-corrected chi connectivity index (χ4v) is 1.58. The van der Waals surface area contributed by atoms with Crippen LogP contribution in [0.3, 0.4) is 0 Å². The Balaban J connectivity index is 2.91. The topological polar surface area (TPSA) is 38.3 Å². The highest BCUT2D eigenvalue weighted by Gasteiger charge is 2.10. The highest BCUT2D eigenvalue weighted by Crippen LogP contribution is 2.34. The summed E-state index contributed by atoms with van der Waals surface area (Å²) in [6.45, 7) is 0.227. The molecule has 0 fully saturated rings. The molecule has 0 radical (unpaired) electrons. The van der Waals surface area contributed by atoms with E-state index >= 15 is 0 Å². The summed E-state index contributed by atoms with van der Waals surface area (Å²) in [6.07, 6.45) is 0. The van der Waals surface area contributed by atoms with Crippen LogP contribution in [0.5, 0.6) is 5.75 Å². The number of rotatable bonds is 3. The van der Waals surface area contributed by atoms with Crippen molar-refractivity contribution in [3.05, 3.63) is 27.7 Å². The third-order valence-electron chi connectivity index (χ3n) is 1.76. The molecule has 1 aromatic carbocycles. The molecule has 1 amide bonds. The lowest BCUT2D eigenvalue weighted by Crippen LogP contribution is -2.15. The molecule has 0 atom stereocenters. The maximum Gasteiger partial charge on any atom is 0.314 e. The molecule has 1 rings (SSSR count). The molecule has 82 valence electrons. The van der Waals surface area contributed by atoms with Crippen molar-refractivity contribution >= 4 is 40.2 Å². The summed E-state index contributed by atoms with van der Waals surface area (Å²) in [4.78, 5) is 10.5. The van der Waals surface area contributed by atoms with Crippen LogP contribution in [-0.2, 0) is 6.54 Å². The minimum absolute atomic E-state index is 0.227. The van der Waals surface area contributed by atoms with Gasteiger partial charge in [-0.15, -0.1) is 0 Å². The van der Waals surface area contributed by atoms with Crippen molar-refractivity contribution in [3.8, 4) is 5.75 Å². The Kier molecular flexibility index (Phi) is 4.51. The lowest BCUT2D eigenvalue weighted by molar-refractivity contribution is 0.259. The molecule has 3 nitrogen and oxygen atoms in total. The molecule has 1 N–H and O–H groups in total. The standard InChI is InChI=1S/C9H8Cl3NO2/c1-15-6-3-2-5(4-13-9(12)14)7(10)8(6)11/h2-3H,4H2,1H3,(H,13,14). The molecule has 0 spiro atoms. The zero-order valence-corrected chi connectivity index (χ0v) is 10.1.